The number of carbonyl (C=O) groups is 2. The highest BCUT2D eigenvalue weighted by Crippen LogP contribution is 2.34. The third-order valence-electron chi connectivity index (χ3n) is 3.49. The number of hydrogen-bond donors (Lipinski definition) is 0. The molecule has 7 nitrogen and oxygen atoms in total. The van der Waals surface area contributed by atoms with Crippen molar-refractivity contribution in [3.05, 3.63) is 40.4 Å². The minimum Gasteiger partial charge on any atom is -0.455 e. The van der Waals surface area contributed by atoms with Crippen molar-refractivity contribution >= 4 is 17.6 Å². The molecule has 0 heterocycles. The Bertz CT molecular complexity index is 573. The van der Waals surface area contributed by atoms with Gasteiger partial charge >= 0.3 is 5.97 Å². The van der Waals surface area contributed by atoms with Crippen molar-refractivity contribution in [2.45, 2.75) is 32.4 Å². The average Bonchev–Trinajstić information content (AvgIpc) is 3.26. The summed E-state index contributed by atoms with van der Waals surface area (Å²) in [5.41, 5.74) is 0.716. The summed E-state index contributed by atoms with van der Waals surface area (Å²) in [4.78, 5) is 35.5. The Morgan fingerprint density at radius 3 is 2.50 bits per heavy atom. The topological polar surface area (TPSA) is 89.8 Å². The quantitative estimate of drug-likeness (QED) is 0.453. The lowest BCUT2D eigenvalue weighted by Gasteiger charge is -2.26. The zero-order valence-electron chi connectivity index (χ0n) is 12.5. The highest BCUT2D eigenvalue weighted by Gasteiger charge is 2.54. The lowest BCUT2D eigenvalue weighted by molar-refractivity contribution is -0.497. The minimum absolute atomic E-state index is 0.0962. The van der Waals surface area contributed by atoms with E-state index in [4.69, 9.17) is 4.74 Å². The van der Waals surface area contributed by atoms with Gasteiger partial charge in [-0.15, -0.1) is 0 Å². The van der Waals surface area contributed by atoms with Gasteiger partial charge in [0, 0.05) is 23.1 Å². The summed E-state index contributed by atoms with van der Waals surface area (Å²) in [5.74, 6) is -1.74. The van der Waals surface area contributed by atoms with E-state index in [1.807, 2.05) is 32.0 Å². The lowest BCUT2D eigenvalue weighted by Crippen LogP contribution is -2.40. The second-order valence-corrected chi connectivity index (χ2v) is 5.50. The Kier molecular flexibility index (Phi) is 4.75. The van der Waals surface area contributed by atoms with Gasteiger partial charge in [-0.2, -0.15) is 0 Å². The Morgan fingerprint density at radius 1 is 1.36 bits per heavy atom. The molecule has 0 N–H and O–H groups in total. The van der Waals surface area contributed by atoms with Gasteiger partial charge in [0.15, 0.2) is 6.61 Å². The summed E-state index contributed by atoms with van der Waals surface area (Å²) in [6.45, 7) is 3.31. The third kappa shape index (κ3) is 3.60. The molecule has 1 amide bonds. The van der Waals surface area contributed by atoms with Crippen molar-refractivity contribution in [1.82, 2.24) is 0 Å². The summed E-state index contributed by atoms with van der Waals surface area (Å²) >= 11 is 0. The molecule has 0 spiro atoms. The fraction of sp³-hybridized carbons (Fsp3) is 0.467. The van der Waals surface area contributed by atoms with Gasteiger partial charge in [-0.3, -0.25) is 19.7 Å². The monoisotopic (exact) mass is 306 g/mol. The number of hydrogen-bond acceptors (Lipinski definition) is 5. The molecule has 1 aliphatic rings. The first-order valence-corrected chi connectivity index (χ1v) is 7.09. The van der Waals surface area contributed by atoms with Gasteiger partial charge in [0.05, 0.1) is 0 Å². The number of amides is 1. The molecule has 2 unspecified atom stereocenters. The molecule has 0 aromatic heterocycles. The van der Waals surface area contributed by atoms with Crippen LogP contribution in [0.3, 0.4) is 0 Å². The van der Waals surface area contributed by atoms with Gasteiger partial charge in [-0.25, -0.2) is 0 Å². The van der Waals surface area contributed by atoms with E-state index < -0.39 is 29.5 Å². The van der Waals surface area contributed by atoms with Crippen molar-refractivity contribution < 1.29 is 19.2 Å². The highest BCUT2D eigenvalue weighted by atomic mass is 16.6. The first-order valence-electron chi connectivity index (χ1n) is 7.09. The van der Waals surface area contributed by atoms with Crippen LogP contribution in [0.2, 0.25) is 0 Å². The highest BCUT2D eigenvalue weighted by molar-refractivity contribution is 5.95. The Hall–Kier alpha value is -2.44. The molecule has 22 heavy (non-hydrogen) atoms. The Labute approximate surface area is 128 Å². The van der Waals surface area contributed by atoms with E-state index in [0.29, 0.717) is 5.69 Å². The van der Waals surface area contributed by atoms with Gasteiger partial charge in [-0.1, -0.05) is 18.2 Å². The molecule has 0 radical (unpaired) electrons. The smallest absolute Gasteiger partial charge is 0.316 e. The van der Waals surface area contributed by atoms with E-state index >= 15 is 0 Å². The summed E-state index contributed by atoms with van der Waals surface area (Å²) in [6.07, 6.45) is 0.187. The van der Waals surface area contributed by atoms with Crippen LogP contribution in [0, 0.1) is 16.0 Å². The molecule has 0 aliphatic heterocycles. The van der Waals surface area contributed by atoms with Gasteiger partial charge in [0.2, 0.25) is 6.04 Å². The molecule has 2 rings (SSSR count). The molecule has 1 aliphatic carbocycles. The zero-order valence-corrected chi connectivity index (χ0v) is 12.5. The second kappa shape index (κ2) is 6.55. The van der Waals surface area contributed by atoms with Crippen LogP contribution >= 0.6 is 0 Å². The molecule has 1 aromatic carbocycles. The standard InChI is InChI=1S/C15H18N2O5/c1-10(2)16(11-6-4-3-5-7-11)14(18)9-22-15(19)12-8-13(12)17(20)21/h3-7,10,12-13H,8-9H2,1-2H3. The number of esters is 1. The van der Waals surface area contributed by atoms with E-state index in [1.165, 1.54) is 4.90 Å². The van der Waals surface area contributed by atoms with Crippen molar-refractivity contribution in [3.63, 3.8) is 0 Å². The molecule has 1 fully saturated rings. The number of nitro groups is 1. The first kappa shape index (κ1) is 15.9. The molecule has 118 valence electrons. The minimum atomic E-state index is -0.863. The van der Waals surface area contributed by atoms with Crippen LogP contribution in [-0.4, -0.2) is 35.5 Å². The summed E-state index contributed by atoms with van der Waals surface area (Å²) < 4.78 is 4.93. The van der Waals surface area contributed by atoms with Gasteiger partial charge in [0.25, 0.3) is 5.91 Å². The zero-order chi connectivity index (χ0) is 16.3. The van der Waals surface area contributed by atoms with E-state index in [9.17, 15) is 19.7 Å². The number of anilines is 1. The summed E-state index contributed by atoms with van der Waals surface area (Å²) in [6, 6.07) is 8.11. The number of ether oxygens (including phenoxy) is 1. The largest absolute Gasteiger partial charge is 0.455 e. The van der Waals surface area contributed by atoms with E-state index in [-0.39, 0.29) is 18.4 Å². The van der Waals surface area contributed by atoms with Crippen molar-refractivity contribution in [2.24, 2.45) is 5.92 Å². The predicted octanol–water partition coefficient (Wildman–Crippen LogP) is 1.64. The van der Waals surface area contributed by atoms with Crippen molar-refractivity contribution in [3.8, 4) is 0 Å². The number of rotatable bonds is 6. The molecular formula is C15H18N2O5. The van der Waals surface area contributed by atoms with Crippen LogP contribution in [0.4, 0.5) is 5.69 Å². The number of carbonyl (C=O) groups excluding carboxylic acids is 2. The SMILES string of the molecule is CC(C)N(C(=O)COC(=O)C1CC1[N+](=O)[O-])c1ccccc1. The van der Waals surface area contributed by atoms with Crippen molar-refractivity contribution in [2.75, 3.05) is 11.5 Å². The average molecular weight is 306 g/mol. The predicted molar refractivity (Wildman–Crippen MR) is 78.9 cm³/mol. The fourth-order valence-electron chi connectivity index (χ4n) is 2.30. The van der Waals surface area contributed by atoms with Gasteiger partial charge in [-0.05, 0) is 26.0 Å². The van der Waals surface area contributed by atoms with Crippen molar-refractivity contribution in [1.29, 1.82) is 0 Å². The molecule has 0 saturated heterocycles. The second-order valence-electron chi connectivity index (χ2n) is 5.50. The molecule has 0 bridgehead atoms. The number of benzene rings is 1. The van der Waals surface area contributed by atoms with Crippen LogP contribution in [0.25, 0.3) is 0 Å². The molecule has 7 heteroatoms. The fourth-order valence-corrected chi connectivity index (χ4v) is 2.30. The van der Waals surface area contributed by atoms with Crippen LogP contribution in [-0.2, 0) is 14.3 Å². The number of para-hydroxylation sites is 1. The summed E-state index contributed by atoms with van der Waals surface area (Å²) in [5, 5.41) is 10.5. The maximum atomic E-state index is 12.3. The van der Waals surface area contributed by atoms with Crippen LogP contribution in [0.15, 0.2) is 30.3 Å². The Morgan fingerprint density at radius 2 is 2.00 bits per heavy atom. The van der Waals surface area contributed by atoms with Crippen LogP contribution < -0.4 is 4.90 Å². The van der Waals surface area contributed by atoms with Gasteiger partial charge in [0.1, 0.15) is 5.92 Å². The van der Waals surface area contributed by atoms with E-state index in [0.717, 1.165) is 0 Å². The molecular weight excluding hydrogens is 288 g/mol. The maximum Gasteiger partial charge on any atom is 0.316 e. The van der Waals surface area contributed by atoms with E-state index in [2.05, 4.69) is 0 Å². The molecule has 1 saturated carbocycles. The molecule has 2 atom stereocenters. The Balaban J connectivity index is 1.93. The lowest BCUT2D eigenvalue weighted by atomic mass is 10.2. The molecule has 1 aromatic rings. The first-order chi connectivity index (χ1) is 10.4. The van der Waals surface area contributed by atoms with Crippen LogP contribution in [0.1, 0.15) is 20.3 Å². The summed E-state index contributed by atoms with van der Waals surface area (Å²) in [7, 11) is 0. The number of nitrogens with zero attached hydrogens (tertiary/aromatic N) is 2. The van der Waals surface area contributed by atoms with Gasteiger partial charge < -0.3 is 9.64 Å². The normalized spacial score (nSPS) is 19.6. The third-order valence-corrected chi connectivity index (χ3v) is 3.49. The van der Waals surface area contributed by atoms with E-state index in [1.54, 1.807) is 12.1 Å². The maximum absolute atomic E-state index is 12.3. The van der Waals surface area contributed by atoms with Crippen LogP contribution in [0.5, 0.6) is 0 Å².